The first-order chi connectivity index (χ1) is 12.3. The molecule has 1 fully saturated rings. The molecule has 1 aliphatic heterocycles. The number of hydrogen-bond donors (Lipinski definition) is 2. The summed E-state index contributed by atoms with van der Waals surface area (Å²) >= 11 is 0. The van der Waals surface area contributed by atoms with Gasteiger partial charge in [0.2, 0.25) is 0 Å². The van der Waals surface area contributed by atoms with Crippen LogP contribution in [0.2, 0.25) is 0 Å². The fourth-order valence-corrected chi connectivity index (χ4v) is 2.80. The molecule has 2 N–H and O–H groups in total. The molecule has 0 saturated carbocycles. The predicted octanol–water partition coefficient (Wildman–Crippen LogP) is 2.57. The lowest BCUT2D eigenvalue weighted by Gasteiger charge is -2.33. The van der Waals surface area contributed by atoms with Crippen molar-refractivity contribution in [2.45, 2.75) is 45.6 Å². The second-order valence-electron chi connectivity index (χ2n) is 7.62. The molecule has 1 aromatic rings. The van der Waals surface area contributed by atoms with Crippen molar-refractivity contribution in [3.63, 3.8) is 0 Å². The number of ether oxygens (including phenoxy) is 1. The van der Waals surface area contributed by atoms with Gasteiger partial charge in [0.15, 0.2) is 0 Å². The lowest BCUT2D eigenvalue weighted by molar-refractivity contribution is 0.0184. The van der Waals surface area contributed by atoms with Crippen LogP contribution in [0.25, 0.3) is 0 Å². The molecule has 7 nitrogen and oxygen atoms in total. The van der Waals surface area contributed by atoms with Crippen LogP contribution >= 0.6 is 0 Å². The summed E-state index contributed by atoms with van der Waals surface area (Å²) in [6, 6.07) is 5.59. The molecule has 1 aliphatic rings. The number of nitrogens with zero attached hydrogens (tertiary/aromatic N) is 2. The van der Waals surface area contributed by atoms with E-state index in [9.17, 15) is 9.59 Å². The van der Waals surface area contributed by atoms with Crippen molar-refractivity contribution in [1.29, 1.82) is 0 Å². The molecule has 144 valence electrons. The second-order valence-corrected chi connectivity index (χ2v) is 7.62. The van der Waals surface area contributed by atoms with Crippen LogP contribution in [0.4, 0.5) is 9.59 Å². The molecule has 0 spiro atoms. The first-order valence-electron chi connectivity index (χ1n) is 9.23. The van der Waals surface area contributed by atoms with Crippen molar-refractivity contribution in [2.24, 2.45) is 5.92 Å². The number of amides is 3. The Kier molecular flexibility index (Phi) is 7.24. The third kappa shape index (κ3) is 7.29. The molecule has 0 bridgehead atoms. The SMILES string of the molecule is CC(C)(C)OC(=O)N1CCC(CNC(=O)NCCc2ccccn2)CC1. The normalized spacial score (nSPS) is 15.4. The maximum absolute atomic E-state index is 12.0. The van der Waals surface area contributed by atoms with Crippen LogP contribution in [-0.2, 0) is 11.2 Å². The van der Waals surface area contributed by atoms with Gasteiger partial charge in [0.25, 0.3) is 0 Å². The first kappa shape index (κ1) is 20.0. The lowest BCUT2D eigenvalue weighted by atomic mass is 9.97. The summed E-state index contributed by atoms with van der Waals surface area (Å²) in [5.41, 5.74) is 0.491. The highest BCUT2D eigenvalue weighted by Gasteiger charge is 2.26. The second kappa shape index (κ2) is 9.40. The number of piperidine rings is 1. The Bertz CT molecular complexity index is 578. The number of pyridine rings is 1. The van der Waals surface area contributed by atoms with Crippen LogP contribution in [0.15, 0.2) is 24.4 Å². The quantitative estimate of drug-likeness (QED) is 0.843. The molecule has 0 atom stereocenters. The van der Waals surface area contributed by atoms with Gasteiger partial charge in [-0.3, -0.25) is 4.98 Å². The largest absolute Gasteiger partial charge is 0.444 e. The van der Waals surface area contributed by atoms with E-state index in [1.165, 1.54) is 0 Å². The van der Waals surface area contributed by atoms with Crippen molar-refractivity contribution in [3.05, 3.63) is 30.1 Å². The van der Waals surface area contributed by atoms with Gasteiger partial charge in [0, 0.05) is 44.5 Å². The van der Waals surface area contributed by atoms with Gasteiger partial charge >= 0.3 is 12.1 Å². The number of rotatable bonds is 5. The molecular weight excluding hydrogens is 332 g/mol. The maximum atomic E-state index is 12.0. The predicted molar refractivity (Wildman–Crippen MR) is 99.9 cm³/mol. The summed E-state index contributed by atoms with van der Waals surface area (Å²) in [5.74, 6) is 0.384. The van der Waals surface area contributed by atoms with E-state index in [0.29, 0.717) is 38.5 Å². The van der Waals surface area contributed by atoms with E-state index in [1.54, 1.807) is 11.1 Å². The first-order valence-corrected chi connectivity index (χ1v) is 9.23. The molecule has 0 unspecified atom stereocenters. The smallest absolute Gasteiger partial charge is 0.410 e. The van der Waals surface area contributed by atoms with Crippen LogP contribution in [0.1, 0.15) is 39.3 Å². The molecular formula is C19H30N4O3. The lowest BCUT2D eigenvalue weighted by Crippen LogP contribution is -2.45. The molecule has 0 radical (unpaired) electrons. The Labute approximate surface area is 155 Å². The van der Waals surface area contributed by atoms with Gasteiger partial charge in [0.1, 0.15) is 5.60 Å². The van der Waals surface area contributed by atoms with Crippen molar-refractivity contribution < 1.29 is 14.3 Å². The molecule has 1 aromatic heterocycles. The number of likely N-dealkylation sites (tertiary alicyclic amines) is 1. The zero-order chi connectivity index (χ0) is 19.0. The van der Waals surface area contributed by atoms with Crippen LogP contribution in [0.3, 0.4) is 0 Å². The topological polar surface area (TPSA) is 83.6 Å². The number of nitrogens with one attached hydrogen (secondary N) is 2. The molecule has 7 heteroatoms. The molecule has 2 rings (SSSR count). The molecule has 0 aliphatic carbocycles. The minimum Gasteiger partial charge on any atom is -0.444 e. The highest BCUT2D eigenvalue weighted by molar-refractivity contribution is 5.73. The molecule has 26 heavy (non-hydrogen) atoms. The zero-order valence-electron chi connectivity index (χ0n) is 16.0. The summed E-state index contributed by atoms with van der Waals surface area (Å²) in [5, 5.41) is 5.76. The van der Waals surface area contributed by atoms with Crippen LogP contribution in [0.5, 0.6) is 0 Å². The molecule has 1 saturated heterocycles. The fraction of sp³-hybridized carbons (Fsp3) is 0.632. The van der Waals surface area contributed by atoms with E-state index in [4.69, 9.17) is 4.74 Å². The Morgan fingerprint density at radius 1 is 1.23 bits per heavy atom. The van der Waals surface area contributed by atoms with E-state index in [0.717, 1.165) is 18.5 Å². The standard InChI is InChI=1S/C19H30N4O3/c1-19(2,3)26-18(25)23-12-8-15(9-13-23)14-22-17(24)21-11-7-16-6-4-5-10-20-16/h4-6,10,15H,7-9,11-14H2,1-3H3,(H2,21,22,24). The van der Waals surface area contributed by atoms with Gasteiger partial charge in [0.05, 0.1) is 0 Å². The fourth-order valence-electron chi connectivity index (χ4n) is 2.80. The Morgan fingerprint density at radius 2 is 1.96 bits per heavy atom. The van der Waals surface area contributed by atoms with Gasteiger partial charge in [-0.15, -0.1) is 0 Å². The average Bonchev–Trinajstić information content (AvgIpc) is 2.60. The van der Waals surface area contributed by atoms with Gasteiger partial charge in [-0.1, -0.05) is 6.07 Å². The van der Waals surface area contributed by atoms with E-state index < -0.39 is 5.60 Å². The number of hydrogen-bond acceptors (Lipinski definition) is 4. The Balaban J connectivity index is 1.59. The highest BCUT2D eigenvalue weighted by atomic mass is 16.6. The van der Waals surface area contributed by atoms with Gasteiger partial charge < -0.3 is 20.3 Å². The van der Waals surface area contributed by atoms with Crippen LogP contribution < -0.4 is 10.6 Å². The van der Waals surface area contributed by atoms with Crippen molar-refractivity contribution >= 4 is 12.1 Å². The number of carbonyl (C=O) groups excluding carboxylic acids is 2. The van der Waals surface area contributed by atoms with Crippen LogP contribution in [0, 0.1) is 5.92 Å². The van der Waals surface area contributed by atoms with Crippen LogP contribution in [-0.4, -0.2) is 53.8 Å². The monoisotopic (exact) mass is 362 g/mol. The van der Waals surface area contributed by atoms with Crippen molar-refractivity contribution in [1.82, 2.24) is 20.5 Å². The maximum Gasteiger partial charge on any atom is 0.410 e. The number of carbonyl (C=O) groups is 2. The van der Waals surface area contributed by atoms with Gasteiger partial charge in [-0.25, -0.2) is 9.59 Å². The third-order valence-corrected chi connectivity index (χ3v) is 4.21. The summed E-state index contributed by atoms with van der Waals surface area (Å²) < 4.78 is 5.39. The molecule has 2 heterocycles. The summed E-state index contributed by atoms with van der Waals surface area (Å²) in [6.07, 6.45) is 3.94. The minimum absolute atomic E-state index is 0.157. The average molecular weight is 362 g/mol. The van der Waals surface area contributed by atoms with Crippen molar-refractivity contribution in [3.8, 4) is 0 Å². The van der Waals surface area contributed by atoms with E-state index in [2.05, 4.69) is 15.6 Å². The van der Waals surface area contributed by atoms with E-state index in [-0.39, 0.29) is 12.1 Å². The van der Waals surface area contributed by atoms with Crippen molar-refractivity contribution in [2.75, 3.05) is 26.2 Å². The summed E-state index contributed by atoms with van der Waals surface area (Å²) in [6.45, 7) is 8.12. The van der Waals surface area contributed by atoms with E-state index >= 15 is 0 Å². The van der Waals surface area contributed by atoms with E-state index in [1.807, 2.05) is 39.0 Å². The zero-order valence-corrected chi connectivity index (χ0v) is 16.0. The Hall–Kier alpha value is -2.31. The van der Waals surface area contributed by atoms with Gasteiger partial charge in [-0.05, 0) is 51.7 Å². The summed E-state index contributed by atoms with van der Waals surface area (Å²) in [4.78, 5) is 29.9. The number of aromatic nitrogens is 1. The summed E-state index contributed by atoms with van der Waals surface area (Å²) in [7, 11) is 0. The highest BCUT2D eigenvalue weighted by Crippen LogP contribution is 2.19. The van der Waals surface area contributed by atoms with Gasteiger partial charge in [-0.2, -0.15) is 0 Å². The molecule has 0 aromatic carbocycles. The Morgan fingerprint density at radius 3 is 2.58 bits per heavy atom. The minimum atomic E-state index is -0.469. The number of urea groups is 1. The molecule has 3 amide bonds. The third-order valence-electron chi connectivity index (χ3n) is 4.21.